The van der Waals surface area contributed by atoms with Crippen LogP contribution in [0.2, 0.25) is 0 Å². The van der Waals surface area contributed by atoms with E-state index in [-0.39, 0.29) is 25.9 Å². The minimum Gasteiger partial charge on any atom is -0.479 e. The van der Waals surface area contributed by atoms with Crippen LogP contribution in [0.25, 0.3) is 0 Å². The van der Waals surface area contributed by atoms with Gasteiger partial charge in [0.1, 0.15) is 18.8 Å². The second-order valence-electron chi connectivity index (χ2n) is 17.0. The molecule has 0 saturated carbocycles. The van der Waals surface area contributed by atoms with Crippen LogP contribution in [0.15, 0.2) is 134 Å². The molecule has 0 bridgehead atoms. The third kappa shape index (κ3) is 36.4. The first-order valence-electron chi connectivity index (χ1n) is 26.2. The van der Waals surface area contributed by atoms with Gasteiger partial charge < -0.3 is 39.0 Å². The molecule has 1 aliphatic heterocycles. The summed E-state index contributed by atoms with van der Waals surface area (Å²) in [6, 6.07) is 0. The van der Waals surface area contributed by atoms with E-state index in [0.717, 1.165) is 103 Å². The number of esters is 3. The molecule has 0 spiro atoms. The van der Waals surface area contributed by atoms with Gasteiger partial charge in [0.15, 0.2) is 24.6 Å². The zero-order valence-corrected chi connectivity index (χ0v) is 43.2. The number of unbranched alkanes of at least 4 members (excludes halogenated alkanes) is 6. The quantitative estimate of drug-likeness (QED) is 0.0229. The molecule has 0 radical (unpaired) electrons. The molecular weight excluding hydrogens is 901 g/mol. The lowest BCUT2D eigenvalue weighted by Crippen LogP contribution is -2.61. The predicted octanol–water partition coefficient (Wildman–Crippen LogP) is 12.7. The fourth-order valence-electron chi connectivity index (χ4n) is 6.82. The van der Waals surface area contributed by atoms with Crippen LogP contribution in [-0.4, -0.2) is 89.2 Å². The SMILES string of the molecule is CC/C=C\C/C=C\C/C=C\C/C=C\C/C=C\CC(=O)OC1C(OCC(COC(=O)CCCCC/C=C\C/C=C\C/C=C\CC)OC(=O)CCCCC/C=C\C/C=C\C/C=C\CC)OC(C(=O)O)C(O)C1O. The minimum atomic E-state index is -1.95. The summed E-state index contributed by atoms with van der Waals surface area (Å²) in [5.41, 5.74) is 0. The number of ether oxygens (including phenoxy) is 5. The van der Waals surface area contributed by atoms with Gasteiger partial charge in [-0.1, -0.05) is 167 Å². The van der Waals surface area contributed by atoms with Crippen molar-refractivity contribution in [3.8, 4) is 0 Å². The fourth-order valence-corrected chi connectivity index (χ4v) is 6.82. The van der Waals surface area contributed by atoms with Gasteiger partial charge in [0, 0.05) is 12.8 Å². The second-order valence-corrected chi connectivity index (χ2v) is 17.0. The highest BCUT2D eigenvalue weighted by Gasteiger charge is 2.50. The van der Waals surface area contributed by atoms with Crippen LogP contribution in [0.1, 0.15) is 162 Å². The predicted molar refractivity (Wildman–Crippen MR) is 284 cm³/mol. The highest BCUT2D eigenvalue weighted by molar-refractivity contribution is 5.74. The van der Waals surface area contributed by atoms with Crippen LogP contribution in [0.3, 0.4) is 0 Å². The lowest BCUT2D eigenvalue weighted by Gasteiger charge is -2.40. The highest BCUT2D eigenvalue weighted by atomic mass is 16.7. The van der Waals surface area contributed by atoms with Crippen molar-refractivity contribution in [2.75, 3.05) is 13.2 Å². The first kappa shape index (κ1) is 63.9. The molecule has 1 aliphatic rings. The Morgan fingerprint density at radius 1 is 0.479 bits per heavy atom. The second kappa shape index (κ2) is 46.0. The normalized spacial score (nSPS) is 19.6. The molecule has 0 amide bonds. The zero-order chi connectivity index (χ0) is 51.8. The van der Waals surface area contributed by atoms with Crippen LogP contribution in [0.5, 0.6) is 0 Å². The van der Waals surface area contributed by atoms with E-state index in [1.807, 2.05) is 12.2 Å². The lowest BCUT2D eigenvalue weighted by molar-refractivity contribution is -0.301. The molecule has 6 atom stereocenters. The van der Waals surface area contributed by atoms with Gasteiger partial charge in [0.2, 0.25) is 0 Å². The van der Waals surface area contributed by atoms with Crippen LogP contribution < -0.4 is 0 Å². The average molecular weight is 989 g/mol. The van der Waals surface area contributed by atoms with E-state index in [4.69, 9.17) is 23.7 Å². The number of carboxylic acid groups (broad SMARTS) is 1. The van der Waals surface area contributed by atoms with E-state index >= 15 is 0 Å². The third-order valence-electron chi connectivity index (χ3n) is 10.7. The van der Waals surface area contributed by atoms with E-state index in [1.165, 1.54) is 0 Å². The van der Waals surface area contributed by atoms with Crippen molar-refractivity contribution in [3.63, 3.8) is 0 Å². The fraction of sp³-hybridized carbons (Fsp3) is 0.559. The molecule has 0 aromatic heterocycles. The maximum Gasteiger partial charge on any atom is 0.335 e. The Morgan fingerprint density at radius 3 is 1.32 bits per heavy atom. The number of hydrogen-bond acceptors (Lipinski definition) is 11. The molecule has 396 valence electrons. The summed E-state index contributed by atoms with van der Waals surface area (Å²) in [5, 5.41) is 31.3. The Balaban J connectivity index is 2.84. The van der Waals surface area contributed by atoms with Crippen molar-refractivity contribution in [2.24, 2.45) is 0 Å². The number of carbonyl (C=O) groups is 4. The molecule has 6 unspecified atom stereocenters. The van der Waals surface area contributed by atoms with Crippen molar-refractivity contribution >= 4 is 23.9 Å². The van der Waals surface area contributed by atoms with Gasteiger partial charge in [-0.25, -0.2) is 4.79 Å². The Bertz CT molecular complexity index is 1740. The number of carbonyl (C=O) groups excluding carboxylic acids is 3. The summed E-state index contributed by atoms with van der Waals surface area (Å²) in [7, 11) is 0. The van der Waals surface area contributed by atoms with Crippen LogP contribution >= 0.6 is 0 Å². The first-order chi connectivity index (χ1) is 34.6. The zero-order valence-electron chi connectivity index (χ0n) is 43.2. The van der Waals surface area contributed by atoms with Gasteiger partial charge in [-0.2, -0.15) is 0 Å². The van der Waals surface area contributed by atoms with Crippen molar-refractivity contribution in [1.82, 2.24) is 0 Å². The molecule has 0 aromatic carbocycles. The summed E-state index contributed by atoms with van der Waals surface area (Å²) in [4.78, 5) is 50.8. The van der Waals surface area contributed by atoms with E-state index < -0.39 is 67.3 Å². The van der Waals surface area contributed by atoms with Crippen molar-refractivity contribution < 1.29 is 58.2 Å². The van der Waals surface area contributed by atoms with Crippen molar-refractivity contribution in [2.45, 2.75) is 199 Å². The number of hydrogen-bond donors (Lipinski definition) is 3. The number of rotatable bonds is 41. The van der Waals surface area contributed by atoms with Gasteiger partial charge in [-0.15, -0.1) is 0 Å². The van der Waals surface area contributed by atoms with Crippen molar-refractivity contribution in [1.29, 1.82) is 0 Å². The largest absolute Gasteiger partial charge is 0.479 e. The molecule has 12 heteroatoms. The Kier molecular flexibility index (Phi) is 41.4. The Labute approximate surface area is 426 Å². The number of allylic oxidation sites excluding steroid dienone is 21. The monoisotopic (exact) mass is 989 g/mol. The molecule has 0 aliphatic carbocycles. The molecule has 1 fully saturated rings. The molecule has 12 nitrogen and oxygen atoms in total. The summed E-state index contributed by atoms with van der Waals surface area (Å²) in [6.45, 7) is 5.50. The minimum absolute atomic E-state index is 0.102. The maximum atomic E-state index is 13.1. The average Bonchev–Trinajstić information content (AvgIpc) is 3.35. The van der Waals surface area contributed by atoms with Gasteiger partial charge in [-0.05, 0) is 109 Å². The van der Waals surface area contributed by atoms with E-state index in [0.29, 0.717) is 19.3 Å². The van der Waals surface area contributed by atoms with E-state index in [9.17, 15) is 34.5 Å². The molecule has 0 aromatic rings. The maximum absolute atomic E-state index is 13.1. The van der Waals surface area contributed by atoms with Crippen LogP contribution in [-0.2, 0) is 42.9 Å². The molecule has 1 saturated heterocycles. The molecular formula is C59H88O12. The highest BCUT2D eigenvalue weighted by Crippen LogP contribution is 2.26. The summed E-state index contributed by atoms with van der Waals surface area (Å²) >= 11 is 0. The number of aliphatic carboxylic acids is 1. The van der Waals surface area contributed by atoms with Crippen LogP contribution in [0, 0.1) is 0 Å². The topological polar surface area (TPSA) is 175 Å². The number of aliphatic hydroxyl groups is 2. The van der Waals surface area contributed by atoms with Gasteiger partial charge in [0.05, 0.1) is 13.0 Å². The summed E-state index contributed by atoms with van der Waals surface area (Å²) in [6.07, 6.45) is 51.9. The number of aliphatic hydroxyl groups excluding tert-OH is 2. The van der Waals surface area contributed by atoms with Gasteiger partial charge in [0.25, 0.3) is 0 Å². The van der Waals surface area contributed by atoms with E-state index in [2.05, 4.69) is 130 Å². The van der Waals surface area contributed by atoms with Gasteiger partial charge in [-0.3, -0.25) is 14.4 Å². The lowest BCUT2D eigenvalue weighted by atomic mass is 9.98. The standard InChI is InChI=1S/C59H88O12/c1-4-7-10-13-16-19-22-25-26-29-32-35-38-41-44-47-53(62)70-57-55(64)54(63)56(58(65)66)71-59(57)68-49-50(69-52(61)46-43-40-37-34-31-28-24-21-18-15-12-9-6-3)48-67-51(60)45-42-39-36-33-30-27-23-20-17-14-11-8-5-2/h7-12,16-21,25-28,30-32,35,41,44,50,54-57,59,63-64H,4-6,13-15,22-24,29,33-34,36-40,42-43,45-49H2,1-3H3,(H,65,66)/b10-7-,11-8-,12-9-,19-16-,20-17-,21-18-,26-25-,30-27-,31-28-,35-32-,44-41-. The molecule has 3 N–H and O–H groups in total. The Hall–Kier alpha value is -5.14. The Morgan fingerprint density at radius 2 is 0.887 bits per heavy atom. The van der Waals surface area contributed by atoms with E-state index in [1.54, 1.807) is 12.2 Å². The molecule has 71 heavy (non-hydrogen) atoms. The number of carboxylic acids is 1. The summed E-state index contributed by atoms with van der Waals surface area (Å²) in [5.74, 6) is -3.39. The van der Waals surface area contributed by atoms with Gasteiger partial charge >= 0.3 is 23.9 Å². The third-order valence-corrected chi connectivity index (χ3v) is 10.7. The first-order valence-corrected chi connectivity index (χ1v) is 26.2. The smallest absolute Gasteiger partial charge is 0.335 e. The van der Waals surface area contributed by atoms with Crippen LogP contribution in [0.4, 0.5) is 0 Å². The summed E-state index contributed by atoms with van der Waals surface area (Å²) < 4.78 is 28.1. The molecule has 1 rings (SSSR count). The van der Waals surface area contributed by atoms with Crippen molar-refractivity contribution in [3.05, 3.63) is 134 Å². The molecule has 1 heterocycles.